The molecule has 0 amide bonds. The van der Waals surface area contributed by atoms with Gasteiger partial charge in [-0.1, -0.05) is 70.3 Å². The number of allylic oxidation sites excluding steroid dienone is 3. The number of fused-ring (bicyclic) bond motifs is 5. The minimum Gasteiger partial charge on any atom is -0.393 e. The van der Waals surface area contributed by atoms with Crippen molar-refractivity contribution in [1.82, 2.24) is 0 Å². The van der Waals surface area contributed by atoms with E-state index in [1.54, 1.807) is 11.1 Å². The topological polar surface area (TPSA) is 20.2 Å². The summed E-state index contributed by atoms with van der Waals surface area (Å²) in [6, 6.07) is 0. The Bertz CT molecular complexity index is 614. The summed E-state index contributed by atoms with van der Waals surface area (Å²) in [6.07, 6.45) is 19.4. The molecule has 4 aliphatic rings. The Kier molecular flexibility index (Phi) is 5.38. The van der Waals surface area contributed by atoms with Crippen LogP contribution in [0.4, 0.5) is 0 Å². The molecule has 27 heavy (non-hydrogen) atoms. The number of hydrogen-bond donors (Lipinski definition) is 1. The van der Waals surface area contributed by atoms with E-state index < -0.39 is 0 Å². The van der Waals surface area contributed by atoms with Crippen LogP contribution in [0.2, 0.25) is 0 Å². The van der Waals surface area contributed by atoms with Crippen molar-refractivity contribution in [2.24, 2.45) is 34.5 Å². The molecule has 3 saturated carbocycles. The Labute approximate surface area is 167 Å². The minimum absolute atomic E-state index is 0.102. The fourth-order valence-electron chi connectivity index (χ4n) is 7.51. The summed E-state index contributed by atoms with van der Waals surface area (Å²) in [5.41, 5.74) is 4.23. The molecule has 0 bridgehead atoms. The Morgan fingerprint density at radius 2 is 1.81 bits per heavy atom. The lowest BCUT2D eigenvalue weighted by Crippen LogP contribution is -2.45. The molecule has 0 aromatic carbocycles. The van der Waals surface area contributed by atoms with Crippen LogP contribution in [0.1, 0.15) is 98.3 Å². The number of aliphatic hydroxyl groups is 1. The highest BCUT2D eigenvalue weighted by molar-refractivity contribution is 5.38. The molecule has 0 spiro atoms. The summed E-state index contributed by atoms with van der Waals surface area (Å²) in [6.45, 7) is 9.87. The molecular formula is C26H42O. The van der Waals surface area contributed by atoms with Gasteiger partial charge in [0, 0.05) is 0 Å². The molecule has 1 nitrogen and oxygen atoms in total. The lowest BCUT2D eigenvalue weighted by molar-refractivity contribution is 0.0428. The van der Waals surface area contributed by atoms with Gasteiger partial charge in [0.1, 0.15) is 0 Å². The molecule has 4 unspecified atom stereocenters. The Morgan fingerprint density at radius 3 is 2.59 bits per heavy atom. The third kappa shape index (κ3) is 3.37. The van der Waals surface area contributed by atoms with Gasteiger partial charge in [0.2, 0.25) is 0 Å². The number of unbranched alkanes of at least 4 members (excludes halogenated alkanes) is 1. The van der Waals surface area contributed by atoms with Crippen LogP contribution in [-0.4, -0.2) is 11.2 Å². The van der Waals surface area contributed by atoms with E-state index in [0.29, 0.717) is 10.8 Å². The van der Waals surface area contributed by atoms with Crippen molar-refractivity contribution in [3.8, 4) is 0 Å². The van der Waals surface area contributed by atoms with Gasteiger partial charge in [-0.05, 0) is 85.9 Å². The van der Waals surface area contributed by atoms with Crippen LogP contribution in [0.15, 0.2) is 23.3 Å². The van der Waals surface area contributed by atoms with Crippen LogP contribution in [0.3, 0.4) is 0 Å². The standard InChI is InChI=1S/C26H42O/c1-18(2)7-5-6-8-19-10-12-23-22-11-9-20-17-21(27)13-15-26(20,4)24(22)14-16-25(19,23)3/h9,11,18-19,21,23-24,27H,5-8,10,12-17H2,1-4H3/t19?,21?,23-,24-,25?,26?/m0/s1. The minimum atomic E-state index is -0.102. The van der Waals surface area contributed by atoms with Gasteiger partial charge in [-0.2, -0.15) is 0 Å². The van der Waals surface area contributed by atoms with Crippen LogP contribution in [0, 0.1) is 34.5 Å². The highest BCUT2D eigenvalue weighted by Crippen LogP contribution is 2.65. The van der Waals surface area contributed by atoms with Crippen molar-refractivity contribution in [2.45, 2.75) is 104 Å². The zero-order valence-electron chi connectivity index (χ0n) is 18.3. The van der Waals surface area contributed by atoms with Gasteiger partial charge in [0.15, 0.2) is 0 Å². The molecule has 0 aromatic rings. The Hall–Kier alpha value is -0.560. The molecule has 4 rings (SSSR count). The van der Waals surface area contributed by atoms with Crippen molar-refractivity contribution >= 4 is 0 Å². The third-order valence-electron chi connectivity index (χ3n) is 9.33. The number of hydrogen-bond acceptors (Lipinski definition) is 1. The van der Waals surface area contributed by atoms with Gasteiger partial charge < -0.3 is 5.11 Å². The molecule has 152 valence electrons. The zero-order chi connectivity index (χ0) is 19.2. The van der Waals surface area contributed by atoms with Crippen LogP contribution in [0.5, 0.6) is 0 Å². The molecule has 1 heteroatoms. The van der Waals surface area contributed by atoms with Crippen molar-refractivity contribution in [3.05, 3.63) is 23.3 Å². The summed E-state index contributed by atoms with van der Waals surface area (Å²) in [7, 11) is 0. The monoisotopic (exact) mass is 370 g/mol. The van der Waals surface area contributed by atoms with Gasteiger partial charge in [0.25, 0.3) is 0 Å². The second-order valence-corrected chi connectivity index (χ2v) is 11.3. The first-order valence-corrected chi connectivity index (χ1v) is 11.9. The quantitative estimate of drug-likeness (QED) is 0.513. The lowest BCUT2D eigenvalue weighted by atomic mass is 9.50. The fourth-order valence-corrected chi connectivity index (χ4v) is 7.51. The van der Waals surface area contributed by atoms with E-state index >= 15 is 0 Å². The second-order valence-electron chi connectivity index (χ2n) is 11.3. The maximum Gasteiger partial charge on any atom is 0.0578 e. The lowest BCUT2D eigenvalue weighted by Gasteiger charge is -2.54. The molecule has 4 aliphatic carbocycles. The summed E-state index contributed by atoms with van der Waals surface area (Å²) in [5.74, 6) is 3.38. The Morgan fingerprint density at radius 1 is 1.00 bits per heavy atom. The van der Waals surface area contributed by atoms with E-state index in [1.807, 2.05) is 0 Å². The summed E-state index contributed by atoms with van der Waals surface area (Å²) in [5, 5.41) is 10.2. The average Bonchev–Trinajstić information content (AvgIpc) is 2.96. The van der Waals surface area contributed by atoms with Crippen molar-refractivity contribution in [2.75, 3.05) is 0 Å². The molecule has 0 aliphatic heterocycles. The summed E-state index contributed by atoms with van der Waals surface area (Å²) >= 11 is 0. The molecule has 6 atom stereocenters. The van der Waals surface area contributed by atoms with Crippen molar-refractivity contribution < 1.29 is 5.11 Å². The van der Waals surface area contributed by atoms with Crippen LogP contribution < -0.4 is 0 Å². The second kappa shape index (κ2) is 7.36. The zero-order valence-corrected chi connectivity index (χ0v) is 18.3. The predicted molar refractivity (Wildman–Crippen MR) is 114 cm³/mol. The van der Waals surface area contributed by atoms with Gasteiger partial charge in [0.05, 0.1) is 6.10 Å². The maximum atomic E-state index is 10.2. The highest BCUT2D eigenvalue weighted by Gasteiger charge is 2.55. The molecule has 0 saturated heterocycles. The van der Waals surface area contributed by atoms with Gasteiger partial charge in [-0.3, -0.25) is 0 Å². The fraction of sp³-hybridized carbons (Fsp3) is 0.846. The van der Waals surface area contributed by atoms with E-state index in [1.165, 1.54) is 57.8 Å². The highest BCUT2D eigenvalue weighted by atomic mass is 16.3. The van der Waals surface area contributed by atoms with Crippen LogP contribution >= 0.6 is 0 Å². The van der Waals surface area contributed by atoms with Crippen LogP contribution in [-0.2, 0) is 0 Å². The molecule has 0 aromatic heterocycles. The first-order valence-electron chi connectivity index (χ1n) is 11.9. The summed E-state index contributed by atoms with van der Waals surface area (Å²) < 4.78 is 0. The largest absolute Gasteiger partial charge is 0.393 e. The molecule has 1 N–H and O–H groups in total. The Balaban J connectivity index is 1.49. The third-order valence-corrected chi connectivity index (χ3v) is 9.33. The number of aliphatic hydroxyl groups excluding tert-OH is 1. The van der Waals surface area contributed by atoms with E-state index in [9.17, 15) is 5.11 Å². The molecule has 3 fully saturated rings. The first kappa shape index (κ1) is 19.7. The van der Waals surface area contributed by atoms with Gasteiger partial charge >= 0.3 is 0 Å². The van der Waals surface area contributed by atoms with Crippen LogP contribution in [0.25, 0.3) is 0 Å². The molecule has 0 heterocycles. The van der Waals surface area contributed by atoms with E-state index in [2.05, 4.69) is 39.8 Å². The first-order chi connectivity index (χ1) is 12.8. The SMILES string of the molecule is CC(C)CCCCC1CC[C@H]2C3=CC=C4CC(O)CCC4(C)[C@H]3CCC12C. The van der Waals surface area contributed by atoms with Gasteiger partial charge in [-0.25, -0.2) is 0 Å². The number of rotatable bonds is 5. The van der Waals surface area contributed by atoms with Crippen molar-refractivity contribution in [1.29, 1.82) is 0 Å². The van der Waals surface area contributed by atoms with E-state index in [0.717, 1.165) is 36.5 Å². The summed E-state index contributed by atoms with van der Waals surface area (Å²) in [4.78, 5) is 0. The average molecular weight is 371 g/mol. The normalized spacial score (nSPS) is 43.6. The maximum absolute atomic E-state index is 10.2. The molecule has 0 radical (unpaired) electrons. The smallest absolute Gasteiger partial charge is 0.0578 e. The predicted octanol–water partition coefficient (Wildman–Crippen LogP) is 7.06. The van der Waals surface area contributed by atoms with E-state index in [4.69, 9.17) is 0 Å². The van der Waals surface area contributed by atoms with E-state index in [-0.39, 0.29) is 6.10 Å². The molecular weight excluding hydrogens is 328 g/mol. The van der Waals surface area contributed by atoms with Crippen molar-refractivity contribution in [3.63, 3.8) is 0 Å². The van der Waals surface area contributed by atoms with Gasteiger partial charge in [-0.15, -0.1) is 0 Å².